The number of carbonyl (C=O) groups is 1. The average Bonchev–Trinajstić information content (AvgIpc) is 2.47. The Balaban J connectivity index is 2.63. The van der Waals surface area contributed by atoms with Crippen LogP contribution in [0.1, 0.15) is 51.7 Å². The highest BCUT2D eigenvalue weighted by Crippen LogP contribution is 2.14. The summed E-state index contributed by atoms with van der Waals surface area (Å²) in [4.78, 5) is 16.3. The van der Waals surface area contributed by atoms with Crippen LogP contribution in [0.3, 0.4) is 0 Å². The fourth-order valence-corrected chi connectivity index (χ4v) is 2.25. The van der Waals surface area contributed by atoms with Crippen molar-refractivity contribution < 1.29 is 9.53 Å². The summed E-state index contributed by atoms with van der Waals surface area (Å²) in [6.45, 7) is 12.1. The van der Waals surface area contributed by atoms with Gasteiger partial charge in [0.05, 0.1) is 12.6 Å². The van der Waals surface area contributed by atoms with Crippen LogP contribution in [0.2, 0.25) is 0 Å². The minimum absolute atomic E-state index is 0.111. The third-order valence-corrected chi connectivity index (χ3v) is 3.62. The molecule has 1 rings (SSSR count). The van der Waals surface area contributed by atoms with E-state index in [1.165, 1.54) is 11.1 Å². The summed E-state index contributed by atoms with van der Waals surface area (Å²) in [6, 6.07) is 5.92. The number of nitrogens with one attached hydrogen (secondary N) is 2. The highest BCUT2D eigenvalue weighted by Gasteiger charge is 2.19. The molecule has 1 atom stereocenters. The molecule has 0 aromatic heterocycles. The van der Waals surface area contributed by atoms with Gasteiger partial charge in [-0.3, -0.25) is 4.99 Å². The monoisotopic (exact) mass is 348 g/mol. The highest BCUT2D eigenvalue weighted by atomic mass is 16.6. The molecule has 6 nitrogen and oxygen atoms in total. The van der Waals surface area contributed by atoms with Crippen molar-refractivity contribution >= 4 is 17.7 Å². The van der Waals surface area contributed by atoms with Gasteiger partial charge in [0.25, 0.3) is 0 Å². The topological polar surface area (TPSA) is 88.7 Å². The molecular weight excluding hydrogens is 316 g/mol. The van der Waals surface area contributed by atoms with Gasteiger partial charge in [-0.2, -0.15) is 0 Å². The number of aliphatic imine (C=N–C) groups is 1. The lowest BCUT2D eigenvalue weighted by Crippen LogP contribution is -2.41. The highest BCUT2D eigenvalue weighted by molar-refractivity contribution is 5.92. The summed E-state index contributed by atoms with van der Waals surface area (Å²) >= 11 is 0. The van der Waals surface area contributed by atoms with Crippen molar-refractivity contribution in [1.29, 1.82) is 0 Å². The Morgan fingerprint density at radius 2 is 1.96 bits per heavy atom. The Morgan fingerprint density at radius 1 is 1.28 bits per heavy atom. The third-order valence-electron chi connectivity index (χ3n) is 3.62. The number of nitrogens with zero attached hydrogens (tertiary/aromatic N) is 1. The van der Waals surface area contributed by atoms with Gasteiger partial charge >= 0.3 is 6.09 Å². The van der Waals surface area contributed by atoms with Crippen LogP contribution < -0.4 is 16.4 Å². The zero-order valence-corrected chi connectivity index (χ0v) is 16.3. The average molecular weight is 348 g/mol. The number of nitrogens with two attached hydrogens (primary N) is 1. The van der Waals surface area contributed by atoms with E-state index in [2.05, 4.69) is 36.4 Å². The number of hydrogen-bond acceptors (Lipinski definition) is 3. The molecule has 25 heavy (non-hydrogen) atoms. The molecule has 0 aliphatic rings. The van der Waals surface area contributed by atoms with Crippen molar-refractivity contribution in [3.05, 3.63) is 29.3 Å². The lowest BCUT2D eigenvalue weighted by Gasteiger charge is -2.23. The number of carbonyl (C=O) groups excluding carboxylic acids is 1. The first-order valence-electron chi connectivity index (χ1n) is 8.74. The van der Waals surface area contributed by atoms with Crippen LogP contribution in [0.4, 0.5) is 10.5 Å². The second kappa shape index (κ2) is 9.30. The Bertz CT molecular complexity index is 606. The number of rotatable bonds is 6. The van der Waals surface area contributed by atoms with Crippen molar-refractivity contribution in [2.24, 2.45) is 10.7 Å². The lowest BCUT2D eigenvalue weighted by atomic mass is 10.1. The van der Waals surface area contributed by atoms with E-state index < -0.39 is 11.7 Å². The van der Waals surface area contributed by atoms with E-state index in [1.54, 1.807) is 0 Å². The van der Waals surface area contributed by atoms with E-state index in [-0.39, 0.29) is 6.04 Å². The molecule has 0 aliphatic carbocycles. The molecule has 1 amide bonds. The molecular formula is C19H32N4O2. The van der Waals surface area contributed by atoms with Crippen LogP contribution in [0.25, 0.3) is 0 Å². The molecule has 1 unspecified atom stereocenters. The van der Waals surface area contributed by atoms with Crippen molar-refractivity contribution in [2.75, 3.05) is 11.9 Å². The normalized spacial score (nSPS) is 13.3. The lowest BCUT2D eigenvalue weighted by molar-refractivity contribution is 0.0503. The standard InChI is InChI=1S/C19H32N4O2/c1-7-8-16(23-18(24)25-19(4,5)6)12-21-17(20)22-15-10-9-13(2)14(3)11-15/h9-11,16H,7-8,12H2,1-6H3,(H,23,24)(H3,20,21,22). The predicted octanol–water partition coefficient (Wildman–Crippen LogP) is 3.72. The van der Waals surface area contributed by atoms with E-state index in [0.29, 0.717) is 12.5 Å². The molecule has 0 spiro atoms. The summed E-state index contributed by atoms with van der Waals surface area (Å²) in [5.74, 6) is 0.329. The smallest absolute Gasteiger partial charge is 0.407 e. The maximum atomic E-state index is 11.9. The molecule has 4 N–H and O–H groups in total. The molecule has 0 heterocycles. The number of hydrogen-bond donors (Lipinski definition) is 3. The molecule has 1 aromatic carbocycles. The number of guanidine groups is 1. The van der Waals surface area contributed by atoms with Gasteiger partial charge < -0.3 is 21.1 Å². The molecule has 0 radical (unpaired) electrons. The number of alkyl carbamates (subject to hydrolysis) is 1. The van der Waals surface area contributed by atoms with Crippen LogP contribution in [0.15, 0.2) is 23.2 Å². The van der Waals surface area contributed by atoms with Gasteiger partial charge in [-0.05, 0) is 64.3 Å². The molecule has 140 valence electrons. The van der Waals surface area contributed by atoms with Gasteiger partial charge in [0, 0.05) is 5.69 Å². The van der Waals surface area contributed by atoms with Gasteiger partial charge in [0.15, 0.2) is 5.96 Å². The quantitative estimate of drug-likeness (QED) is 0.540. The van der Waals surface area contributed by atoms with Gasteiger partial charge in [0.1, 0.15) is 5.60 Å². The maximum Gasteiger partial charge on any atom is 0.407 e. The Labute approximate surface area is 151 Å². The molecule has 0 fully saturated rings. The van der Waals surface area contributed by atoms with Crippen molar-refractivity contribution in [1.82, 2.24) is 5.32 Å². The Morgan fingerprint density at radius 3 is 2.52 bits per heavy atom. The zero-order valence-electron chi connectivity index (χ0n) is 16.3. The summed E-state index contributed by atoms with van der Waals surface area (Å²) in [5.41, 5.74) is 8.76. The zero-order chi connectivity index (χ0) is 19.0. The fraction of sp³-hybridized carbons (Fsp3) is 0.579. The van der Waals surface area contributed by atoms with Gasteiger partial charge in [-0.1, -0.05) is 19.4 Å². The largest absolute Gasteiger partial charge is 0.444 e. The number of aryl methyl sites for hydroxylation is 2. The first kappa shape index (κ1) is 20.8. The van der Waals surface area contributed by atoms with Crippen LogP contribution >= 0.6 is 0 Å². The molecule has 0 saturated carbocycles. The van der Waals surface area contributed by atoms with Crippen molar-refractivity contribution in [3.63, 3.8) is 0 Å². The molecule has 0 bridgehead atoms. The fourth-order valence-electron chi connectivity index (χ4n) is 2.25. The van der Waals surface area contributed by atoms with E-state index in [0.717, 1.165) is 18.5 Å². The summed E-state index contributed by atoms with van der Waals surface area (Å²) < 4.78 is 5.30. The van der Waals surface area contributed by atoms with E-state index in [9.17, 15) is 4.79 Å². The number of amides is 1. The molecule has 1 aromatic rings. The van der Waals surface area contributed by atoms with Crippen LogP contribution in [0, 0.1) is 13.8 Å². The minimum atomic E-state index is -0.520. The molecule has 0 saturated heterocycles. The first-order chi connectivity index (χ1) is 11.6. The van der Waals surface area contributed by atoms with E-state index in [1.807, 2.05) is 39.0 Å². The van der Waals surface area contributed by atoms with Crippen LogP contribution in [0.5, 0.6) is 0 Å². The summed E-state index contributed by atoms with van der Waals surface area (Å²) in [5, 5.41) is 5.94. The van der Waals surface area contributed by atoms with Gasteiger partial charge in [-0.25, -0.2) is 4.79 Å². The predicted molar refractivity (Wildman–Crippen MR) is 104 cm³/mol. The SMILES string of the molecule is CCCC(CN=C(N)Nc1ccc(C)c(C)c1)NC(=O)OC(C)(C)C. The van der Waals surface area contributed by atoms with Crippen molar-refractivity contribution in [2.45, 2.75) is 66.0 Å². The summed E-state index contributed by atoms with van der Waals surface area (Å²) in [7, 11) is 0. The van der Waals surface area contributed by atoms with E-state index >= 15 is 0 Å². The summed E-state index contributed by atoms with van der Waals surface area (Å²) in [6.07, 6.45) is 1.31. The molecule has 6 heteroatoms. The van der Waals surface area contributed by atoms with E-state index in [4.69, 9.17) is 10.5 Å². The number of anilines is 1. The first-order valence-corrected chi connectivity index (χ1v) is 8.74. The van der Waals surface area contributed by atoms with Crippen LogP contribution in [-0.2, 0) is 4.74 Å². The Hall–Kier alpha value is -2.24. The van der Waals surface area contributed by atoms with Crippen molar-refractivity contribution in [3.8, 4) is 0 Å². The number of benzene rings is 1. The minimum Gasteiger partial charge on any atom is -0.444 e. The second-order valence-corrected chi connectivity index (χ2v) is 7.28. The van der Waals surface area contributed by atoms with Gasteiger partial charge in [0.2, 0.25) is 0 Å². The maximum absolute atomic E-state index is 11.9. The number of ether oxygens (including phenoxy) is 1. The Kier molecular flexibility index (Phi) is 7.74. The van der Waals surface area contributed by atoms with Gasteiger partial charge in [-0.15, -0.1) is 0 Å². The second-order valence-electron chi connectivity index (χ2n) is 7.28. The molecule has 0 aliphatic heterocycles. The van der Waals surface area contributed by atoms with Crippen LogP contribution in [-0.4, -0.2) is 30.2 Å². The third kappa shape index (κ3) is 8.42.